The summed E-state index contributed by atoms with van der Waals surface area (Å²) in [5, 5.41) is 14.7. The zero-order chi connectivity index (χ0) is 22.9. The third-order valence-electron chi connectivity index (χ3n) is 5.91. The number of carbonyl (C=O) groups is 4. The molecule has 32 heavy (non-hydrogen) atoms. The molecule has 9 heteroatoms. The maximum atomic E-state index is 13.1. The molecule has 0 bridgehead atoms. The van der Waals surface area contributed by atoms with Crippen LogP contribution in [0.5, 0.6) is 5.75 Å². The molecule has 1 fully saturated rings. The summed E-state index contributed by atoms with van der Waals surface area (Å²) in [6.07, 6.45) is 0.751. The minimum Gasteiger partial charge on any atom is -0.508 e. The van der Waals surface area contributed by atoms with Gasteiger partial charge >= 0.3 is 0 Å². The van der Waals surface area contributed by atoms with Gasteiger partial charge in [0.25, 0.3) is 11.8 Å². The number of amides is 4. The van der Waals surface area contributed by atoms with Crippen LogP contribution in [0, 0.1) is 0 Å². The highest BCUT2D eigenvalue weighted by atomic mass is 16.3. The molecule has 1 saturated heterocycles. The number of phenolic OH excluding ortho intramolecular Hbond substituents is 1. The van der Waals surface area contributed by atoms with E-state index in [1.807, 2.05) is 0 Å². The molecule has 2 aliphatic rings. The molecule has 0 aliphatic carbocycles. The molecule has 1 unspecified atom stereocenters. The number of carbonyl (C=O) groups excluding carboxylic acids is 4. The number of hydrogen-bond acceptors (Lipinski definition) is 5. The van der Waals surface area contributed by atoms with E-state index in [1.165, 1.54) is 29.2 Å². The maximum Gasteiger partial charge on any atom is 0.258 e. The predicted octanol–water partition coefficient (Wildman–Crippen LogP) is 1.24. The second-order valence-electron chi connectivity index (χ2n) is 8.01. The molecule has 1 atom stereocenters. The highest BCUT2D eigenvalue weighted by molar-refractivity contribution is 6.11. The fourth-order valence-electron chi connectivity index (χ4n) is 4.23. The number of benzene rings is 2. The Morgan fingerprint density at radius 2 is 1.72 bits per heavy atom. The van der Waals surface area contributed by atoms with Gasteiger partial charge < -0.3 is 20.6 Å². The second-order valence-corrected chi connectivity index (χ2v) is 8.01. The summed E-state index contributed by atoms with van der Waals surface area (Å²) in [6.45, 7) is 1.99. The molecule has 2 aliphatic heterocycles. The highest BCUT2D eigenvalue weighted by Gasteiger charge is 2.53. The van der Waals surface area contributed by atoms with Gasteiger partial charge in [-0.1, -0.05) is 12.1 Å². The zero-order valence-corrected chi connectivity index (χ0v) is 17.6. The molecule has 2 aromatic rings. The van der Waals surface area contributed by atoms with Crippen molar-refractivity contribution < 1.29 is 24.3 Å². The van der Waals surface area contributed by atoms with Crippen molar-refractivity contribution in [1.82, 2.24) is 15.5 Å². The van der Waals surface area contributed by atoms with E-state index in [9.17, 15) is 24.3 Å². The van der Waals surface area contributed by atoms with Crippen LogP contribution in [0.2, 0.25) is 0 Å². The normalized spacial score (nSPS) is 19.4. The number of hydrogen-bond donors (Lipinski definition) is 3. The van der Waals surface area contributed by atoms with Gasteiger partial charge in [-0.25, -0.2) is 0 Å². The van der Waals surface area contributed by atoms with Crippen LogP contribution in [-0.2, 0) is 9.59 Å². The average molecular weight is 436 g/mol. The quantitative estimate of drug-likeness (QED) is 0.589. The van der Waals surface area contributed by atoms with Crippen molar-refractivity contribution in [2.24, 2.45) is 0 Å². The minimum absolute atomic E-state index is 0.0694. The lowest BCUT2D eigenvalue weighted by molar-refractivity contribution is -0.123. The number of anilines is 1. The topological polar surface area (TPSA) is 119 Å². The van der Waals surface area contributed by atoms with E-state index in [-0.39, 0.29) is 49.0 Å². The van der Waals surface area contributed by atoms with Crippen molar-refractivity contribution in [2.45, 2.75) is 25.4 Å². The number of rotatable bonds is 6. The van der Waals surface area contributed by atoms with E-state index < -0.39 is 5.66 Å². The molecule has 2 heterocycles. The molecule has 0 spiro atoms. The number of aromatic hydroxyl groups is 1. The van der Waals surface area contributed by atoms with Gasteiger partial charge in [-0.15, -0.1) is 0 Å². The van der Waals surface area contributed by atoms with Gasteiger partial charge in [0.2, 0.25) is 11.8 Å². The number of nitrogens with zero attached hydrogens (tertiary/aromatic N) is 2. The van der Waals surface area contributed by atoms with Gasteiger partial charge in [-0.3, -0.25) is 24.1 Å². The van der Waals surface area contributed by atoms with E-state index in [2.05, 4.69) is 10.6 Å². The predicted molar refractivity (Wildman–Crippen MR) is 116 cm³/mol. The van der Waals surface area contributed by atoms with Crippen LogP contribution >= 0.6 is 0 Å². The lowest BCUT2D eigenvalue weighted by Crippen LogP contribution is -2.64. The minimum atomic E-state index is -0.896. The first kappa shape index (κ1) is 21.4. The first-order chi connectivity index (χ1) is 15.3. The smallest absolute Gasteiger partial charge is 0.258 e. The summed E-state index contributed by atoms with van der Waals surface area (Å²) < 4.78 is 0. The fourth-order valence-corrected chi connectivity index (χ4v) is 4.23. The molecule has 4 rings (SSSR count). The summed E-state index contributed by atoms with van der Waals surface area (Å²) in [7, 11) is 0. The van der Waals surface area contributed by atoms with Crippen molar-refractivity contribution in [3.63, 3.8) is 0 Å². The van der Waals surface area contributed by atoms with Gasteiger partial charge in [-0.2, -0.15) is 0 Å². The Balaban J connectivity index is 1.36. The Morgan fingerprint density at radius 3 is 2.47 bits per heavy atom. The maximum absolute atomic E-state index is 13.1. The molecule has 4 amide bonds. The Bertz CT molecular complexity index is 1080. The molecule has 166 valence electrons. The third kappa shape index (κ3) is 3.77. The van der Waals surface area contributed by atoms with Crippen molar-refractivity contribution in [3.8, 4) is 5.75 Å². The van der Waals surface area contributed by atoms with Crippen LogP contribution in [0.25, 0.3) is 0 Å². The van der Waals surface area contributed by atoms with Crippen molar-refractivity contribution in [1.29, 1.82) is 0 Å². The molecule has 0 radical (unpaired) electrons. The van der Waals surface area contributed by atoms with E-state index in [0.29, 0.717) is 29.7 Å². The first-order valence-corrected chi connectivity index (χ1v) is 10.4. The van der Waals surface area contributed by atoms with Gasteiger partial charge in [0.15, 0.2) is 0 Å². The van der Waals surface area contributed by atoms with Gasteiger partial charge in [-0.05, 0) is 49.7 Å². The molecule has 3 N–H and O–H groups in total. The van der Waals surface area contributed by atoms with Crippen molar-refractivity contribution >= 4 is 29.3 Å². The molecule has 0 aromatic heterocycles. The van der Waals surface area contributed by atoms with Gasteiger partial charge in [0, 0.05) is 25.1 Å². The SMILES string of the molecule is CC12CCC(=O)N1c1ccccc1C(=O)N2CC(=O)NCCNC(=O)c1ccc(O)cc1. The molecule has 9 nitrogen and oxygen atoms in total. The molecule has 2 aromatic carbocycles. The average Bonchev–Trinajstić information content (AvgIpc) is 3.10. The Kier molecular flexibility index (Phi) is 5.56. The van der Waals surface area contributed by atoms with Gasteiger partial charge in [0.1, 0.15) is 18.0 Å². The monoisotopic (exact) mass is 436 g/mol. The summed E-state index contributed by atoms with van der Waals surface area (Å²) in [5.41, 5.74) is 0.475. The number of fused-ring (bicyclic) bond motifs is 3. The Labute approximate surface area is 185 Å². The Morgan fingerprint density at radius 1 is 1.03 bits per heavy atom. The zero-order valence-electron chi connectivity index (χ0n) is 17.6. The van der Waals surface area contributed by atoms with Crippen molar-refractivity contribution in [3.05, 3.63) is 59.7 Å². The van der Waals surface area contributed by atoms with Crippen LogP contribution in [0.1, 0.15) is 40.5 Å². The summed E-state index contributed by atoms with van der Waals surface area (Å²) in [6, 6.07) is 12.8. The van der Waals surface area contributed by atoms with Gasteiger partial charge in [0.05, 0.1) is 11.3 Å². The van der Waals surface area contributed by atoms with Crippen LogP contribution in [0.4, 0.5) is 5.69 Å². The molecular weight excluding hydrogens is 412 g/mol. The van der Waals surface area contributed by atoms with E-state index in [0.717, 1.165) is 0 Å². The van der Waals surface area contributed by atoms with Crippen LogP contribution in [0.15, 0.2) is 48.5 Å². The molecule has 0 saturated carbocycles. The first-order valence-electron chi connectivity index (χ1n) is 10.4. The summed E-state index contributed by atoms with van der Waals surface area (Å²) in [4.78, 5) is 53.4. The summed E-state index contributed by atoms with van der Waals surface area (Å²) in [5.74, 6) is -0.994. The van der Waals surface area contributed by atoms with E-state index >= 15 is 0 Å². The van der Waals surface area contributed by atoms with E-state index in [4.69, 9.17) is 0 Å². The van der Waals surface area contributed by atoms with Crippen LogP contribution in [-0.4, -0.2) is 58.9 Å². The highest BCUT2D eigenvalue weighted by Crippen LogP contribution is 2.43. The standard InChI is InChI=1S/C23H24N4O5/c1-23-11-10-20(30)27(23)18-5-3-2-4-17(18)22(32)26(23)14-19(29)24-12-13-25-21(31)15-6-8-16(28)9-7-15/h2-9,28H,10-14H2,1H3,(H,24,29)(H,25,31). The lowest BCUT2D eigenvalue weighted by Gasteiger charge is -2.48. The fraction of sp³-hybridized carbons (Fsp3) is 0.304. The largest absolute Gasteiger partial charge is 0.508 e. The Hall–Kier alpha value is -3.88. The number of phenols is 1. The molecular formula is C23H24N4O5. The van der Waals surface area contributed by atoms with Crippen LogP contribution < -0.4 is 15.5 Å². The second kappa shape index (κ2) is 8.33. The number of nitrogens with one attached hydrogen (secondary N) is 2. The lowest BCUT2D eigenvalue weighted by atomic mass is 9.98. The summed E-state index contributed by atoms with van der Waals surface area (Å²) >= 11 is 0. The van der Waals surface area contributed by atoms with E-state index in [1.54, 1.807) is 36.1 Å². The third-order valence-corrected chi connectivity index (χ3v) is 5.91. The van der Waals surface area contributed by atoms with Crippen LogP contribution in [0.3, 0.4) is 0 Å². The number of para-hydroxylation sites is 1. The van der Waals surface area contributed by atoms with Crippen molar-refractivity contribution in [2.75, 3.05) is 24.5 Å².